The molecule has 0 spiro atoms. The summed E-state index contributed by atoms with van der Waals surface area (Å²) in [6.07, 6.45) is -6.43. The molecule has 3 aliphatic heterocycles. The molecule has 0 bridgehead atoms. The van der Waals surface area contributed by atoms with Crippen LogP contribution in [-0.4, -0.2) is 116 Å². The highest BCUT2D eigenvalue weighted by atomic mass is 32.1. The third-order valence-corrected chi connectivity index (χ3v) is 11.3. The quantitative estimate of drug-likeness (QED) is 0.189. The summed E-state index contributed by atoms with van der Waals surface area (Å²) in [5.74, 6) is -0.258. The number of rotatable bonds is 9. The van der Waals surface area contributed by atoms with Gasteiger partial charge in [-0.1, -0.05) is 41.5 Å². The summed E-state index contributed by atoms with van der Waals surface area (Å²) in [6.45, 7) is 11.7. The lowest BCUT2D eigenvalue weighted by Crippen LogP contribution is -2.56. The van der Waals surface area contributed by atoms with E-state index in [-0.39, 0.29) is 35.7 Å². The van der Waals surface area contributed by atoms with Crippen molar-refractivity contribution in [2.75, 3.05) is 5.75 Å². The van der Waals surface area contributed by atoms with Crippen LogP contribution in [0, 0.1) is 35.5 Å². The van der Waals surface area contributed by atoms with E-state index in [1.165, 1.54) is 0 Å². The Morgan fingerprint density at radius 2 is 1.14 bits per heavy atom. The molecule has 246 valence electrons. The average Bonchev–Trinajstić information content (AvgIpc) is 3.27. The van der Waals surface area contributed by atoms with Crippen LogP contribution in [-0.2, 0) is 18.9 Å². The van der Waals surface area contributed by atoms with Gasteiger partial charge in [-0.3, -0.25) is 0 Å². The molecule has 4 rings (SSSR count). The van der Waals surface area contributed by atoms with Crippen molar-refractivity contribution in [3.05, 3.63) is 0 Å². The lowest BCUT2D eigenvalue weighted by Gasteiger charge is -2.48. The van der Waals surface area contributed by atoms with Gasteiger partial charge in [-0.2, -0.15) is 12.6 Å². The number of hydrogen-bond donors (Lipinski definition) is 7. The van der Waals surface area contributed by atoms with Crippen LogP contribution in [0.2, 0.25) is 0 Å². The molecule has 4 fully saturated rings. The van der Waals surface area contributed by atoms with Crippen molar-refractivity contribution in [2.24, 2.45) is 35.5 Å². The summed E-state index contributed by atoms with van der Waals surface area (Å²) in [6, 6.07) is 0. The first kappa shape index (κ1) is 34.8. The first-order valence-corrected chi connectivity index (χ1v) is 16.8. The number of thiol groups is 1. The average molecular weight is 621 g/mol. The fraction of sp³-hybridized carbons (Fsp3) is 1.00. The van der Waals surface area contributed by atoms with E-state index < -0.39 is 79.4 Å². The topological polar surface area (TPSA) is 158 Å². The van der Waals surface area contributed by atoms with Crippen molar-refractivity contribution < 1.29 is 49.6 Å². The molecule has 0 aromatic rings. The van der Waals surface area contributed by atoms with Gasteiger partial charge in [0.25, 0.3) is 0 Å². The van der Waals surface area contributed by atoms with Crippen LogP contribution < -0.4 is 0 Å². The molecule has 4 aliphatic rings. The van der Waals surface area contributed by atoms with Crippen molar-refractivity contribution in [3.63, 3.8) is 0 Å². The van der Waals surface area contributed by atoms with Crippen LogP contribution in [0.1, 0.15) is 73.6 Å². The van der Waals surface area contributed by atoms with Gasteiger partial charge in [0.15, 0.2) is 6.29 Å². The van der Waals surface area contributed by atoms with Gasteiger partial charge in [0.05, 0.1) is 48.8 Å². The summed E-state index contributed by atoms with van der Waals surface area (Å²) in [7, 11) is 0. The summed E-state index contributed by atoms with van der Waals surface area (Å²) in [4.78, 5) is 0. The second kappa shape index (κ2) is 14.6. The molecule has 0 aromatic heterocycles. The van der Waals surface area contributed by atoms with Gasteiger partial charge < -0.3 is 49.6 Å². The van der Waals surface area contributed by atoms with Gasteiger partial charge >= 0.3 is 0 Å². The lowest BCUT2D eigenvalue weighted by molar-refractivity contribution is -0.296. The smallest absolute Gasteiger partial charge is 0.163 e. The molecule has 1 saturated carbocycles. The predicted molar refractivity (Wildman–Crippen MR) is 159 cm³/mol. The Bertz CT molecular complexity index is 849. The van der Waals surface area contributed by atoms with Gasteiger partial charge in [-0.05, 0) is 55.8 Å². The molecule has 0 amide bonds. The molecule has 0 aromatic carbocycles. The zero-order chi connectivity index (χ0) is 31.0. The van der Waals surface area contributed by atoms with E-state index >= 15 is 0 Å². The zero-order valence-corrected chi connectivity index (χ0v) is 26.9. The second-order valence-electron chi connectivity index (χ2n) is 13.7. The van der Waals surface area contributed by atoms with Crippen molar-refractivity contribution in [1.82, 2.24) is 0 Å². The Morgan fingerprint density at radius 1 is 0.595 bits per heavy atom. The number of ether oxygens (including phenoxy) is 4. The van der Waals surface area contributed by atoms with Gasteiger partial charge in [0.1, 0.15) is 24.4 Å². The highest BCUT2D eigenvalue weighted by Crippen LogP contribution is 2.46. The van der Waals surface area contributed by atoms with E-state index in [0.717, 1.165) is 6.42 Å². The number of hydrogen-bond acceptors (Lipinski definition) is 11. The highest BCUT2D eigenvalue weighted by Gasteiger charge is 2.52. The monoisotopic (exact) mass is 620 g/mol. The van der Waals surface area contributed by atoms with Crippen LogP contribution in [0.4, 0.5) is 0 Å². The number of aliphatic hydroxyl groups is 6. The Labute approximate surface area is 256 Å². The fourth-order valence-electron chi connectivity index (χ4n) is 8.08. The molecule has 19 atom stereocenters. The fourth-order valence-corrected chi connectivity index (χ4v) is 8.38. The van der Waals surface area contributed by atoms with Gasteiger partial charge in [-0.25, -0.2) is 0 Å². The zero-order valence-electron chi connectivity index (χ0n) is 26.0. The van der Waals surface area contributed by atoms with Crippen LogP contribution in [0.25, 0.3) is 0 Å². The van der Waals surface area contributed by atoms with E-state index in [0.29, 0.717) is 31.4 Å². The maximum atomic E-state index is 11.5. The SMILES string of the molecule is CCC1OC(CC2C(C)CC(C)C(O)C2C[C@@H]2O[C@H](CS)C(OC3OC(CC)C(O)C(O)C3C)[C@@H]2O)C(C)C(O)C1O. The largest absolute Gasteiger partial charge is 0.393 e. The van der Waals surface area contributed by atoms with Gasteiger partial charge in [-0.15, -0.1) is 0 Å². The first-order chi connectivity index (χ1) is 19.8. The van der Waals surface area contributed by atoms with Crippen LogP contribution in [0.3, 0.4) is 0 Å². The van der Waals surface area contributed by atoms with Crippen molar-refractivity contribution in [3.8, 4) is 0 Å². The molecule has 3 heterocycles. The molecule has 6 N–H and O–H groups in total. The summed E-state index contributed by atoms with van der Waals surface area (Å²) in [5, 5.41) is 65.2. The molecule has 11 heteroatoms. The van der Waals surface area contributed by atoms with Crippen molar-refractivity contribution in [1.29, 1.82) is 0 Å². The normalized spacial score (nSPS) is 53.8. The van der Waals surface area contributed by atoms with E-state index in [4.69, 9.17) is 18.9 Å². The maximum Gasteiger partial charge on any atom is 0.163 e. The molecule has 0 radical (unpaired) electrons. The van der Waals surface area contributed by atoms with Crippen molar-refractivity contribution >= 4 is 12.6 Å². The molecular formula is C31H56O10S. The Morgan fingerprint density at radius 3 is 1.74 bits per heavy atom. The predicted octanol–water partition coefficient (Wildman–Crippen LogP) is 1.51. The second-order valence-corrected chi connectivity index (χ2v) is 14.1. The summed E-state index contributed by atoms with van der Waals surface area (Å²) < 4.78 is 24.9. The number of aliphatic hydroxyl groups excluding tert-OH is 6. The van der Waals surface area contributed by atoms with Gasteiger partial charge in [0.2, 0.25) is 0 Å². The van der Waals surface area contributed by atoms with Gasteiger partial charge in [0, 0.05) is 17.6 Å². The molecule has 10 nitrogen and oxygen atoms in total. The van der Waals surface area contributed by atoms with E-state index in [1.807, 2.05) is 20.8 Å². The molecular weight excluding hydrogens is 564 g/mol. The Kier molecular flexibility index (Phi) is 12.1. The summed E-state index contributed by atoms with van der Waals surface area (Å²) in [5.41, 5.74) is 0. The highest BCUT2D eigenvalue weighted by molar-refractivity contribution is 7.80. The molecule has 1 aliphatic carbocycles. The van der Waals surface area contributed by atoms with Crippen LogP contribution >= 0.6 is 12.6 Å². The first-order valence-electron chi connectivity index (χ1n) is 16.1. The molecule has 42 heavy (non-hydrogen) atoms. The van der Waals surface area contributed by atoms with Crippen LogP contribution in [0.5, 0.6) is 0 Å². The Balaban J connectivity index is 1.50. The Hall–Kier alpha value is -0.0500. The minimum atomic E-state index is -1.02. The minimum Gasteiger partial charge on any atom is -0.393 e. The third kappa shape index (κ3) is 6.87. The minimum absolute atomic E-state index is 0.0532. The van der Waals surface area contributed by atoms with E-state index in [1.54, 1.807) is 6.92 Å². The van der Waals surface area contributed by atoms with E-state index in [2.05, 4.69) is 26.5 Å². The van der Waals surface area contributed by atoms with Crippen LogP contribution in [0.15, 0.2) is 0 Å². The summed E-state index contributed by atoms with van der Waals surface area (Å²) >= 11 is 4.47. The lowest BCUT2D eigenvalue weighted by atomic mass is 9.63. The molecule has 3 saturated heterocycles. The van der Waals surface area contributed by atoms with Crippen molar-refractivity contribution in [2.45, 2.75) is 153 Å². The standard InChI is InChI=1S/C31H56O10S/c1-7-19-27(35)25(33)15(5)21(38-19)10-17-13(3)9-14(4)24(32)18(17)11-22-29(37)30(23(12-42)39-22)41-31-16(6)26(34)28(36)20(8-2)40-31/h13-37,42H,7-12H2,1-6H3/t13?,14?,15?,16?,17?,18?,19?,20?,21?,22-,23+,24?,25?,26?,27?,28?,29+,30?,31?/m0/s1. The van der Waals surface area contributed by atoms with E-state index in [9.17, 15) is 30.6 Å². The molecule has 16 unspecified atom stereocenters. The third-order valence-electron chi connectivity index (χ3n) is 11.0. The maximum absolute atomic E-state index is 11.5.